The third-order valence-corrected chi connectivity index (χ3v) is 2.45. The number of hydrogen-bond acceptors (Lipinski definition) is 0. The predicted molar refractivity (Wildman–Crippen MR) is 59.5 cm³/mol. The Balaban J connectivity index is 2.18. The van der Waals surface area contributed by atoms with Gasteiger partial charge < -0.3 is 0 Å². The molecule has 0 aliphatic heterocycles. The van der Waals surface area contributed by atoms with Gasteiger partial charge in [0.25, 0.3) is 0 Å². The molecule has 0 saturated carbocycles. The summed E-state index contributed by atoms with van der Waals surface area (Å²) in [5, 5.41) is 0. The zero-order valence-electron chi connectivity index (χ0n) is 8.54. The fourth-order valence-corrected chi connectivity index (χ4v) is 1.61. The van der Waals surface area contributed by atoms with Crippen molar-refractivity contribution in [3.8, 4) is 0 Å². The molecule has 0 N–H and O–H groups in total. The van der Waals surface area contributed by atoms with Crippen molar-refractivity contribution in [2.24, 2.45) is 0 Å². The van der Waals surface area contributed by atoms with Gasteiger partial charge in [-0.2, -0.15) is 0 Å². The second-order valence-electron chi connectivity index (χ2n) is 3.71. The lowest BCUT2D eigenvalue weighted by atomic mass is 10.1. The van der Waals surface area contributed by atoms with Crippen molar-refractivity contribution in [3.63, 3.8) is 0 Å². The minimum absolute atomic E-state index is 1.21. The van der Waals surface area contributed by atoms with E-state index in [-0.39, 0.29) is 0 Å². The van der Waals surface area contributed by atoms with Gasteiger partial charge in [0.2, 0.25) is 0 Å². The average molecular weight is 177 g/mol. The first kappa shape index (κ1) is 10.6. The van der Waals surface area contributed by atoms with E-state index >= 15 is 0 Å². The largest absolute Gasteiger partial charge is 0.0845 e. The van der Waals surface area contributed by atoms with Crippen molar-refractivity contribution in [1.29, 1.82) is 0 Å². The van der Waals surface area contributed by atoms with Crippen LogP contribution < -0.4 is 0 Å². The molecule has 0 aromatic heterocycles. The normalized spacial score (nSPS) is 26.5. The average Bonchev–Trinajstić information content (AvgIpc) is 2.18. The molecule has 0 atom stereocenters. The van der Waals surface area contributed by atoms with Gasteiger partial charge in [-0.05, 0) is 32.1 Å². The van der Waals surface area contributed by atoms with Crippen LogP contribution >= 0.6 is 0 Å². The highest BCUT2D eigenvalue weighted by Gasteiger charge is 1.91. The molecule has 0 aromatic carbocycles. The molecule has 0 nitrogen and oxygen atoms in total. The predicted octanol–water partition coefficient (Wildman–Crippen LogP) is 4.44. The smallest absolute Gasteiger partial charge is 0.0345 e. The zero-order valence-corrected chi connectivity index (χ0v) is 8.54. The van der Waals surface area contributed by atoms with Crippen LogP contribution in [0.4, 0.5) is 0 Å². The van der Waals surface area contributed by atoms with Crippen LogP contribution in [-0.2, 0) is 0 Å². The monoisotopic (exact) mass is 177 g/mol. The fourth-order valence-electron chi connectivity index (χ4n) is 1.61. The van der Waals surface area contributed by atoms with E-state index in [9.17, 15) is 0 Å². The summed E-state index contributed by atoms with van der Waals surface area (Å²) in [6.07, 6.45) is 22.0. The van der Waals surface area contributed by atoms with Crippen LogP contribution in [0.3, 0.4) is 0 Å². The molecule has 0 aromatic rings. The highest BCUT2D eigenvalue weighted by Crippen LogP contribution is 2.10. The summed E-state index contributed by atoms with van der Waals surface area (Å²) in [4.78, 5) is 0. The molecule has 0 bridgehead atoms. The molecule has 73 valence electrons. The van der Waals surface area contributed by atoms with Gasteiger partial charge in [-0.3, -0.25) is 0 Å². The van der Waals surface area contributed by atoms with E-state index in [1.807, 2.05) is 0 Å². The minimum atomic E-state index is 1.21. The molecule has 0 heterocycles. The van der Waals surface area contributed by atoms with Crippen LogP contribution in [0.1, 0.15) is 51.4 Å². The summed E-state index contributed by atoms with van der Waals surface area (Å²) in [6.45, 7) is 0. The van der Waals surface area contributed by atoms with E-state index in [1.165, 1.54) is 51.4 Å². The maximum absolute atomic E-state index is 2.44. The second kappa shape index (κ2) is 8.10. The van der Waals surface area contributed by atoms with Gasteiger partial charge in [-0.1, -0.05) is 50.0 Å². The molecule has 1 rings (SSSR count). The Labute approximate surface area is 82.7 Å². The first-order valence-electron chi connectivity index (χ1n) is 5.63. The van der Waals surface area contributed by atoms with Crippen LogP contribution in [0.25, 0.3) is 0 Å². The lowest BCUT2D eigenvalue weighted by molar-refractivity contribution is 0.635. The first-order valence-corrected chi connectivity index (χ1v) is 5.63. The molecular formula is C13H21. The SMILES string of the molecule is [CH]1CC/C=C/C=C\CCCCCC1. The number of hydrogen-bond donors (Lipinski definition) is 0. The first-order chi connectivity index (χ1) is 6.50. The molecular weight excluding hydrogens is 156 g/mol. The maximum atomic E-state index is 2.44. The molecule has 0 heteroatoms. The molecule has 0 spiro atoms. The Morgan fingerprint density at radius 2 is 1.23 bits per heavy atom. The summed E-state index contributed by atoms with van der Waals surface area (Å²) in [5.41, 5.74) is 0. The zero-order chi connectivity index (χ0) is 9.19. The van der Waals surface area contributed by atoms with E-state index < -0.39 is 0 Å². The summed E-state index contributed by atoms with van der Waals surface area (Å²) in [7, 11) is 0. The third-order valence-electron chi connectivity index (χ3n) is 2.45. The van der Waals surface area contributed by atoms with Crippen LogP contribution in [0.5, 0.6) is 0 Å². The van der Waals surface area contributed by atoms with Crippen molar-refractivity contribution in [2.45, 2.75) is 51.4 Å². The minimum Gasteiger partial charge on any atom is -0.0845 e. The van der Waals surface area contributed by atoms with Crippen molar-refractivity contribution in [2.75, 3.05) is 0 Å². The topological polar surface area (TPSA) is 0 Å². The van der Waals surface area contributed by atoms with Gasteiger partial charge in [0.15, 0.2) is 0 Å². The molecule has 1 aliphatic carbocycles. The molecule has 0 amide bonds. The van der Waals surface area contributed by atoms with Crippen molar-refractivity contribution >= 4 is 0 Å². The van der Waals surface area contributed by atoms with E-state index in [1.54, 1.807) is 0 Å². The van der Waals surface area contributed by atoms with Crippen molar-refractivity contribution in [3.05, 3.63) is 30.7 Å². The summed E-state index contributed by atoms with van der Waals surface area (Å²) in [5.74, 6) is 0. The summed E-state index contributed by atoms with van der Waals surface area (Å²) in [6, 6.07) is 0. The lowest BCUT2D eigenvalue weighted by Gasteiger charge is -1.98. The fraction of sp³-hybridized carbons (Fsp3) is 0.615. The van der Waals surface area contributed by atoms with E-state index in [0.717, 1.165) is 0 Å². The van der Waals surface area contributed by atoms with Crippen molar-refractivity contribution in [1.82, 2.24) is 0 Å². The van der Waals surface area contributed by atoms with Crippen LogP contribution in [0.15, 0.2) is 24.3 Å². The maximum Gasteiger partial charge on any atom is -0.0345 e. The van der Waals surface area contributed by atoms with Crippen LogP contribution in [0.2, 0.25) is 0 Å². The van der Waals surface area contributed by atoms with E-state index in [0.29, 0.717) is 0 Å². The third kappa shape index (κ3) is 6.62. The number of allylic oxidation sites excluding steroid dienone is 4. The Hall–Kier alpha value is -0.520. The van der Waals surface area contributed by atoms with E-state index in [2.05, 4.69) is 30.7 Å². The molecule has 0 saturated heterocycles. The van der Waals surface area contributed by atoms with Gasteiger partial charge in [-0.15, -0.1) is 0 Å². The molecule has 0 fully saturated rings. The summed E-state index contributed by atoms with van der Waals surface area (Å²) >= 11 is 0. The summed E-state index contributed by atoms with van der Waals surface area (Å²) < 4.78 is 0. The second-order valence-corrected chi connectivity index (χ2v) is 3.71. The molecule has 1 radical (unpaired) electrons. The quantitative estimate of drug-likeness (QED) is 0.513. The number of rotatable bonds is 0. The molecule has 1 aliphatic rings. The Kier molecular flexibility index (Phi) is 6.58. The standard InChI is InChI=1S/C13H21/c1-2-4-6-8-10-12-13-11-9-7-5-3-1/h1-4,9H,5-8,10-13H2/b3-1+,4-2-. The van der Waals surface area contributed by atoms with Gasteiger partial charge in [0.05, 0.1) is 0 Å². The Morgan fingerprint density at radius 3 is 2.08 bits per heavy atom. The van der Waals surface area contributed by atoms with Gasteiger partial charge in [0.1, 0.15) is 0 Å². The van der Waals surface area contributed by atoms with Crippen molar-refractivity contribution < 1.29 is 0 Å². The van der Waals surface area contributed by atoms with Crippen LogP contribution in [-0.4, -0.2) is 0 Å². The highest BCUT2D eigenvalue weighted by atomic mass is 14.0. The molecule has 0 unspecified atom stereocenters. The molecule has 13 heavy (non-hydrogen) atoms. The van der Waals surface area contributed by atoms with Crippen LogP contribution in [0, 0.1) is 6.42 Å². The van der Waals surface area contributed by atoms with Gasteiger partial charge in [-0.25, -0.2) is 0 Å². The lowest BCUT2D eigenvalue weighted by Crippen LogP contribution is -1.80. The van der Waals surface area contributed by atoms with Gasteiger partial charge in [0, 0.05) is 0 Å². The Morgan fingerprint density at radius 1 is 0.538 bits per heavy atom. The van der Waals surface area contributed by atoms with Gasteiger partial charge >= 0.3 is 0 Å². The Bertz CT molecular complexity index is 135. The highest BCUT2D eigenvalue weighted by molar-refractivity contribution is 5.02. The van der Waals surface area contributed by atoms with E-state index in [4.69, 9.17) is 0 Å².